The number of hydrogen-bond acceptors (Lipinski definition) is 3. The van der Waals surface area contributed by atoms with E-state index in [1.165, 1.54) is 6.04 Å². The lowest BCUT2D eigenvalue weighted by molar-refractivity contribution is 0.544. The first kappa shape index (κ1) is 13.3. The molecule has 0 saturated carbocycles. The Labute approximate surface area is 85.6 Å². The van der Waals surface area contributed by atoms with Crippen molar-refractivity contribution < 1.29 is 4.12 Å². The molecule has 3 N–H and O–H groups in total. The fraction of sp³-hybridized carbons (Fsp3) is 1.00. The summed E-state index contributed by atoms with van der Waals surface area (Å²) in [6.45, 7) is 10.7. The van der Waals surface area contributed by atoms with Gasteiger partial charge in [-0.3, -0.25) is 0 Å². The van der Waals surface area contributed by atoms with E-state index in [4.69, 9.17) is 9.85 Å². The molecule has 0 amide bonds. The molecule has 0 unspecified atom stereocenters. The van der Waals surface area contributed by atoms with E-state index in [-0.39, 0.29) is 0 Å². The molecule has 0 rings (SSSR count). The van der Waals surface area contributed by atoms with Gasteiger partial charge in [-0.1, -0.05) is 13.8 Å². The monoisotopic (exact) mass is 220 g/mol. The fourth-order valence-corrected chi connectivity index (χ4v) is 6.22. The molecule has 0 atom stereocenters. The van der Waals surface area contributed by atoms with Crippen molar-refractivity contribution in [1.82, 2.24) is 4.98 Å². The molecule has 0 aromatic carbocycles. The Morgan fingerprint density at radius 3 is 2.54 bits per heavy atom. The van der Waals surface area contributed by atoms with Crippen LogP contribution in [0.25, 0.3) is 0 Å². The van der Waals surface area contributed by atoms with Gasteiger partial charge in [0.15, 0.2) is 8.32 Å². The molecule has 0 aliphatic rings. The zero-order chi connectivity index (χ0) is 10.3. The van der Waals surface area contributed by atoms with E-state index in [0.29, 0.717) is 6.54 Å². The molecule has 0 fully saturated rings. The Bertz CT molecular complexity index is 131. The number of nitrogens with two attached hydrogens (primary N) is 1. The molecule has 0 saturated heterocycles. The van der Waals surface area contributed by atoms with Crippen LogP contribution in [0.1, 0.15) is 13.8 Å². The van der Waals surface area contributed by atoms with Crippen molar-refractivity contribution in [2.24, 2.45) is 11.7 Å². The average Bonchev–Trinajstić information content (AvgIpc) is 1.95. The Balaban J connectivity index is 3.50. The van der Waals surface area contributed by atoms with Gasteiger partial charge < -0.3 is 14.8 Å². The van der Waals surface area contributed by atoms with Gasteiger partial charge in [-0.15, -0.1) is 0 Å². The van der Waals surface area contributed by atoms with Crippen LogP contribution in [0, 0.1) is 5.92 Å². The van der Waals surface area contributed by atoms with Gasteiger partial charge >= 0.3 is 0 Å². The first-order valence-corrected chi connectivity index (χ1v) is 9.42. The standard InChI is InChI=1S/C8H24N2OSi2/c1-8(2)7-13(3,4)11-12-10-6-5-9/h8,10H,5-7,9,12H2,1-4H3. The first-order chi connectivity index (χ1) is 5.98. The highest BCUT2D eigenvalue weighted by Gasteiger charge is 2.22. The smallest absolute Gasteiger partial charge is 0.224 e. The second kappa shape index (κ2) is 6.72. The molecule has 0 radical (unpaired) electrons. The van der Waals surface area contributed by atoms with Crippen molar-refractivity contribution in [3.63, 3.8) is 0 Å². The zero-order valence-electron chi connectivity index (χ0n) is 9.39. The SMILES string of the molecule is CC(C)C[Si](C)(C)O[SiH2]NCCN. The summed E-state index contributed by atoms with van der Waals surface area (Å²) >= 11 is 0. The minimum atomic E-state index is -1.36. The topological polar surface area (TPSA) is 47.3 Å². The molecule has 0 aromatic rings. The summed E-state index contributed by atoms with van der Waals surface area (Å²) in [5.41, 5.74) is 5.37. The largest absolute Gasteiger partial charge is 0.449 e. The summed E-state index contributed by atoms with van der Waals surface area (Å²) in [4.78, 5) is 3.29. The van der Waals surface area contributed by atoms with Crippen molar-refractivity contribution in [3.05, 3.63) is 0 Å². The predicted octanol–water partition coefficient (Wildman–Crippen LogP) is 0.411. The normalized spacial score (nSPS) is 13.4. The Hall–Kier alpha value is 0.314. The highest BCUT2D eigenvalue weighted by molar-refractivity contribution is 6.74. The zero-order valence-corrected chi connectivity index (χ0v) is 11.8. The van der Waals surface area contributed by atoms with Crippen LogP contribution in [0.15, 0.2) is 0 Å². The van der Waals surface area contributed by atoms with Crippen LogP contribution in [-0.2, 0) is 4.12 Å². The highest BCUT2D eigenvalue weighted by atomic mass is 28.4. The molecule has 0 aromatic heterocycles. The highest BCUT2D eigenvalue weighted by Crippen LogP contribution is 2.16. The molecular formula is C8H24N2OSi2. The summed E-state index contributed by atoms with van der Waals surface area (Å²) in [6.07, 6.45) is 0. The third kappa shape index (κ3) is 8.64. The van der Waals surface area contributed by atoms with E-state index >= 15 is 0 Å². The number of hydrogen-bond donors (Lipinski definition) is 2. The molecule has 0 aliphatic heterocycles. The maximum absolute atomic E-state index is 5.95. The van der Waals surface area contributed by atoms with Crippen LogP contribution in [-0.4, -0.2) is 31.3 Å². The summed E-state index contributed by atoms with van der Waals surface area (Å²) in [5.74, 6) is 0.755. The summed E-state index contributed by atoms with van der Waals surface area (Å²) < 4.78 is 5.95. The van der Waals surface area contributed by atoms with Crippen molar-refractivity contribution in [2.45, 2.75) is 33.0 Å². The van der Waals surface area contributed by atoms with Gasteiger partial charge in [0.25, 0.3) is 0 Å². The molecule has 0 heterocycles. The maximum atomic E-state index is 5.95. The van der Waals surface area contributed by atoms with Crippen LogP contribution in [0.4, 0.5) is 0 Å². The van der Waals surface area contributed by atoms with Crippen molar-refractivity contribution in [1.29, 1.82) is 0 Å². The third-order valence-corrected chi connectivity index (χ3v) is 7.85. The van der Waals surface area contributed by atoms with Gasteiger partial charge in [0.2, 0.25) is 9.92 Å². The quantitative estimate of drug-likeness (QED) is 0.483. The van der Waals surface area contributed by atoms with E-state index < -0.39 is 18.2 Å². The molecular weight excluding hydrogens is 196 g/mol. The Kier molecular flexibility index (Phi) is 6.88. The molecule has 80 valence electrons. The molecule has 13 heavy (non-hydrogen) atoms. The summed E-state index contributed by atoms with van der Waals surface area (Å²) in [7, 11) is -1.87. The van der Waals surface area contributed by atoms with E-state index in [1.54, 1.807) is 0 Å². The van der Waals surface area contributed by atoms with Crippen LogP contribution in [0.2, 0.25) is 19.1 Å². The predicted molar refractivity (Wildman–Crippen MR) is 63.8 cm³/mol. The Morgan fingerprint density at radius 1 is 1.46 bits per heavy atom. The second-order valence-electron chi connectivity index (χ2n) is 4.44. The summed E-state index contributed by atoms with van der Waals surface area (Å²) in [6, 6.07) is 1.25. The van der Waals surface area contributed by atoms with Crippen molar-refractivity contribution in [2.75, 3.05) is 13.1 Å². The average molecular weight is 220 g/mol. The van der Waals surface area contributed by atoms with Gasteiger partial charge in [-0.25, -0.2) is 0 Å². The number of rotatable bonds is 7. The van der Waals surface area contributed by atoms with Crippen LogP contribution < -0.4 is 10.7 Å². The molecule has 0 bridgehead atoms. The lowest BCUT2D eigenvalue weighted by Crippen LogP contribution is -2.39. The fourth-order valence-electron chi connectivity index (χ4n) is 1.46. The van der Waals surface area contributed by atoms with Crippen LogP contribution in [0.3, 0.4) is 0 Å². The van der Waals surface area contributed by atoms with Gasteiger partial charge in [-0.2, -0.15) is 0 Å². The van der Waals surface area contributed by atoms with E-state index in [1.807, 2.05) is 0 Å². The van der Waals surface area contributed by atoms with Crippen LogP contribution in [0.5, 0.6) is 0 Å². The van der Waals surface area contributed by atoms with E-state index in [2.05, 4.69) is 31.9 Å². The summed E-state index contributed by atoms with van der Waals surface area (Å²) in [5, 5.41) is 0. The maximum Gasteiger partial charge on any atom is 0.224 e. The third-order valence-electron chi connectivity index (χ3n) is 1.79. The minimum Gasteiger partial charge on any atom is -0.449 e. The molecule has 0 spiro atoms. The lowest BCUT2D eigenvalue weighted by atomic mass is 10.3. The molecule has 3 nitrogen and oxygen atoms in total. The lowest BCUT2D eigenvalue weighted by Gasteiger charge is -2.25. The molecule has 5 heteroatoms. The van der Waals surface area contributed by atoms with E-state index in [9.17, 15) is 0 Å². The second-order valence-corrected chi connectivity index (χ2v) is 10.3. The van der Waals surface area contributed by atoms with Gasteiger partial charge in [-0.05, 0) is 25.1 Å². The van der Waals surface area contributed by atoms with Crippen molar-refractivity contribution in [3.8, 4) is 0 Å². The van der Waals surface area contributed by atoms with E-state index in [0.717, 1.165) is 12.5 Å². The van der Waals surface area contributed by atoms with Gasteiger partial charge in [0.05, 0.1) is 0 Å². The number of nitrogens with one attached hydrogen (secondary N) is 1. The Morgan fingerprint density at radius 2 is 2.08 bits per heavy atom. The van der Waals surface area contributed by atoms with Crippen molar-refractivity contribution >= 4 is 18.2 Å². The first-order valence-electron chi connectivity index (χ1n) is 5.02. The minimum absolute atomic E-state index is 0.515. The van der Waals surface area contributed by atoms with Gasteiger partial charge in [0.1, 0.15) is 0 Å². The molecule has 0 aliphatic carbocycles. The van der Waals surface area contributed by atoms with Gasteiger partial charge in [0, 0.05) is 13.1 Å². The van der Waals surface area contributed by atoms with Crippen LogP contribution >= 0.6 is 0 Å².